The van der Waals surface area contributed by atoms with Crippen LogP contribution in [0.5, 0.6) is 0 Å². The highest BCUT2D eigenvalue weighted by molar-refractivity contribution is 5.31. The van der Waals surface area contributed by atoms with Crippen molar-refractivity contribution in [2.45, 2.75) is 115 Å². The first-order valence-corrected chi connectivity index (χ1v) is 10.3. The fraction of sp³-hybridized carbons (Fsp3) is 0.750. The van der Waals surface area contributed by atoms with E-state index in [1.807, 2.05) is 27.7 Å². The molecule has 0 amide bonds. The van der Waals surface area contributed by atoms with Gasteiger partial charge < -0.3 is 0 Å². The summed E-state index contributed by atoms with van der Waals surface area (Å²) in [6, 6.07) is 0. The molecule has 0 aromatic rings. The predicted octanol–water partition coefficient (Wildman–Crippen LogP) is 9.53. The first-order valence-electron chi connectivity index (χ1n) is 10.3. The predicted molar refractivity (Wildman–Crippen MR) is 119 cm³/mol. The Morgan fingerprint density at radius 1 is 0.792 bits per heavy atom. The van der Waals surface area contributed by atoms with Crippen molar-refractivity contribution in [2.75, 3.05) is 0 Å². The second-order valence-electron chi connectivity index (χ2n) is 6.23. The van der Waals surface area contributed by atoms with Gasteiger partial charge >= 0.3 is 0 Å². The summed E-state index contributed by atoms with van der Waals surface area (Å²) < 4.78 is 0. The van der Waals surface area contributed by atoms with E-state index in [0.717, 1.165) is 0 Å². The molecular formula is C24H50. The normalized spacial score (nSPS) is 11.7. The Morgan fingerprint density at radius 3 is 1.50 bits per heavy atom. The minimum atomic E-state index is 0.592. The Bertz CT molecular complexity index is 300. The van der Waals surface area contributed by atoms with E-state index in [-0.39, 0.29) is 0 Å². The molecule has 0 rings (SSSR count). The van der Waals surface area contributed by atoms with Gasteiger partial charge in [-0.15, -0.1) is 0 Å². The zero-order valence-electron chi connectivity index (χ0n) is 19.3. The lowest BCUT2D eigenvalue weighted by Crippen LogP contribution is -2.07. The number of allylic oxidation sites excluding steroid dienone is 6. The van der Waals surface area contributed by atoms with Crippen LogP contribution in [0, 0.1) is 5.41 Å². The summed E-state index contributed by atoms with van der Waals surface area (Å²) in [4.78, 5) is 0. The molecule has 0 heterocycles. The van der Waals surface area contributed by atoms with E-state index < -0.39 is 0 Å². The van der Waals surface area contributed by atoms with E-state index in [4.69, 9.17) is 0 Å². The second-order valence-corrected chi connectivity index (χ2v) is 6.23. The van der Waals surface area contributed by atoms with E-state index in [1.165, 1.54) is 43.3 Å². The summed E-state index contributed by atoms with van der Waals surface area (Å²) in [6.07, 6.45) is 15.0. The lowest BCUT2D eigenvalue weighted by Gasteiger charge is -2.20. The van der Waals surface area contributed by atoms with Crippen molar-refractivity contribution in [3.63, 3.8) is 0 Å². The van der Waals surface area contributed by atoms with Crippen molar-refractivity contribution in [2.24, 2.45) is 5.41 Å². The zero-order chi connectivity index (χ0) is 20.0. The highest BCUT2D eigenvalue weighted by atomic mass is 14.2. The van der Waals surface area contributed by atoms with Crippen molar-refractivity contribution in [1.29, 1.82) is 0 Å². The zero-order valence-corrected chi connectivity index (χ0v) is 19.3. The molecule has 146 valence electrons. The van der Waals surface area contributed by atoms with Crippen molar-refractivity contribution < 1.29 is 0 Å². The Balaban J connectivity index is -0.000000145. The van der Waals surface area contributed by atoms with Crippen molar-refractivity contribution >= 4 is 0 Å². The molecule has 0 nitrogen and oxygen atoms in total. The van der Waals surface area contributed by atoms with E-state index >= 15 is 0 Å². The first-order chi connectivity index (χ1) is 11.4. The molecule has 0 heteroatoms. The van der Waals surface area contributed by atoms with Crippen LogP contribution in [-0.2, 0) is 0 Å². The average Bonchev–Trinajstić information content (AvgIpc) is 2.59. The topological polar surface area (TPSA) is 0 Å². The molecule has 0 aromatic heterocycles. The molecule has 0 spiro atoms. The summed E-state index contributed by atoms with van der Waals surface area (Å²) >= 11 is 0. The molecule has 0 aliphatic carbocycles. The van der Waals surface area contributed by atoms with Gasteiger partial charge in [-0.1, -0.05) is 106 Å². The van der Waals surface area contributed by atoms with Crippen molar-refractivity contribution in [3.05, 3.63) is 35.5 Å². The number of rotatable bonds is 7. The largest absolute Gasteiger partial charge is 0.0874 e. The maximum atomic E-state index is 2.33. The van der Waals surface area contributed by atoms with Crippen molar-refractivity contribution in [1.82, 2.24) is 0 Å². The number of hydrogen-bond acceptors (Lipinski definition) is 0. The summed E-state index contributed by atoms with van der Waals surface area (Å²) in [7, 11) is 0. The van der Waals surface area contributed by atoms with E-state index in [9.17, 15) is 0 Å². The fourth-order valence-corrected chi connectivity index (χ4v) is 2.09. The minimum Gasteiger partial charge on any atom is -0.0874 e. The third-order valence-electron chi connectivity index (χ3n) is 3.69. The molecule has 0 fully saturated rings. The maximum Gasteiger partial charge on any atom is -0.0279 e. The van der Waals surface area contributed by atoms with Gasteiger partial charge in [0.1, 0.15) is 0 Å². The molecule has 0 radical (unpaired) electrons. The number of hydrogen-bond donors (Lipinski definition) is 0. The van der Waals surface area contributed by atoms with E-state index in [2.05, 4.69) is 79.7 Å². The van der Waals surface area contributed by atoms with E-state index in [1.54, 1.807) is 0 Å². The summed E-state index contributed by atoms with van der Waals surface area (Å²) in [6.45, 7) is 25.7. The Hall–Kier alpha value is -0.780. The van der Waals surface area contributed by atoms with Crippen LogP contribution in [0.2, 0.25) is 0 Å². The van der Waals surface area contributed by atoms with Gasteiger partial charge in [0.05, 0.1) is 0 Å². The Labute approximate surface area is 156 Å². The lowest BCUT2D eigenvalue weighted by molar-refractivity contribution is 0.319. The lowest BCUT2D eigenvalue weighted by atomic mass is 9.86. The van der Waals surface area contributed by atoms with Gasteiger partial charge in [-0.3, -0.25) is 0 Å². The van der Waals surface area contributed by atoms with Crippen molar-refractivity contribution in [3.8, 4) is 0 Å². The molecule has 0 saturated heterocycles. The highest BCUT2D eigenvalue weighted by Crippen LogP contribution is 2.25. The Kier molecular flexibility index (Phi) is 31.6. The van der Waals surface area contributed by atoms with Crippen LogP contribution in [-0.4, -0.2) is 0 Å². The Morgan fingerprint density at radius 2 is 1.25 bits per heavy atom. The molecule has 0 unspecified atom stereocenters. The molecular weight excluding hydrogens is 288 g/mol. The van der Waals surface area contributed by atoms with Crippen LogP contribution in [0.1, 0.15) is 115 Å². The monoisotopic (exact) mass is 338 g/mol. The van der Waals surface area contributed by atoms with E-state index in [0.29, 0.717) is 5.41 Å². The minimum absolute atomic E-state index is 0.592. The fourth-order valence-electron chi connectivity index (χ4n) is 2.09. The molecule has 0 atom stereocenters. The van der Waals surface area contributed by atoms with Gasteiger partial charge in [0, 0.05) is 0 Å². The summed E-state index contributed by atoms with van der Waals surface area (Å²) in [5.41, 5.74) is 3.44. The molecule has 0 bridgehead atoms. The van der Waals surface area contributed by atoms with Gasteiger partial charge in [0.2, 0.25) is 0 Å². The van der Waals surface area contributed by atoms with Gasteiger partial charge in [-0.05, 0) is 50.2 Å². The smallest absolute Gasteiger partial charge is 0.0279 e. The average molecular weight is 339 g/mol. The summed E-state index contributed by atoms with van der Waals surface area (Å²) in [5.74, 6) is 0. The standard InChI is InChI=1S/C12H20.C8H18.2C2H6/c1-5-8-11(4)12(9-6-2)10-7-3;1-5-7-8(3,4)6-2;2*1-2/h5-6,8-9H,7,10H2,1-4H3;5-7H2,1-4H3;2*1-2H3/b8-5-,9-6-,12-11+;;;. The van der Waals surface area contributed by atoms with Gasteiger partial charge in [0.15, 0.2) is 0 Å². The SMILES string of the molecule is CC.CC.CCCC(C)(C)CC.C\C=C/C(C)=C(\C=C/C)CCC. The van der Waals surface area contributed by atoms with Crippen LogP contribution in [0.15, 0.2) is 35.5 Å². The second kappa shape index (κ2) is 24.5. The third-order valence-corrected chi connectivity index (χ3v) is 3.69. The van der Waals surface area contributed by atoms with Gasteiger partial charge in [0.25, 0.3) is 0 Å². The molecule has 24 heavy (non-hydrogen) atoms. The first kappa shape index (κ1) is 31.0. The maximum absolute atomic E-state index is 2.33. The third kappa shape index (κ3) is 23.5. The van der Waals surface area contributed by atoms with Crippen LogP contribution in [0.25, 0.3) is 0 Å². The van der Waals surface area contributed by atoms with Crippen LogP contribution >= 0.6 is 0 Å². The van der Waals surface area contributed by atoms with Crippen LogP contribution in [0.3, 0.4) is 0 Å². The van der Waals surface area contributed by atoms with Gasteiger partial charge in [-0.2, -0.15) is 0 Å². The molecule has 0 aliphatic heterocycles. The van der Waals surface area contributed by atoms with Gasteiger partial charge in [-0.25, -0.2) is 0 Å². The molecule has 0 saturated carbocycles. The van der Waals surface area contributed by atoms with Crippen LogP contribution < -0.4 is 0 Å². The quantitative estimate of drug-likeness (QED) is 0.405. The van der Waals surface area contributed by atoms with Crippen LogP contribution in [0.4, 0.5) is 0 Å². The molecule has 0 aliphatic rings. The summed E-state index contributed by atoms with van der Waals surface area (Å²) in [5, 5.41) is 0. The highest BCUT2D eigenvalue weighted by Gasteiger charge is 2.11. The molecule has 0 aromatic carbocycles. The molecule has 0 N–H and O–H groups in total.